The van der Waals surface area contributed by atoms with Gasteiger partial charge in [-0.25, -0.2) is 0 Å². The number of benzene rings is 1. The summed E-state index contributed by atoms with van der Waals surface area (Å²) >= 11 is 0. The normalized spacial score (nSPS) is 26.6. The van der Waals surface area contributed by atoms with Crippen molar-refractivity contribution in [2.75, 3.05) is 13.7 Å². The molecule has 1 saturated carbocycles. The minimum Gasteiger partial charge on any atom is -0.497 e. The summed E-state index contributed by atoms with van der Waals surface area (Å²) in [5.41, 5.74) is 1.43. The molecule has 106 valence electrons. The number of hydrogen-bond donors (Lipinski definition) is 1. The summed E-state index contributed by atoms with van der Waals surface area (Å²) in [6.07, 6.45) is 5.24. The van der Waals surface area contributed by atoms with Gasteiger partial charge in [0.15, 0.2) is 0 Å². The molecule has 3 atom stereocenters. The zero-order chi connectivity index (χ0) is 13.7. The third kappa shape index (κ3) is 3.73. The Morgan fingerprint density at radius 3 is 2.58 bits per heavy atom. The van der Waals surface area contributed by atoms with Crippen LogP contribution in [0.2, 0.25) is 0 Å². The van der Waals surface area contributed by atoms with E-state index in [0.717, 1.165) is 30.2 Å². The third-order valence-electron chi connectivity index (χ3n) is 4.66. The molecule has 2 nitrogen and oxygen atoms in total. The van der Waals surface area contributed by atoms with Crippen molar-refractivity contribution in [2.24, 2.45) is 11.8 Å². The first-order valence-electron chi connectivity index (χ1n) is 7.61. The lowest BCUT2D eigenvalue weighted by Crippen LogP contribution is -2.32. The van der Waals surface area contributed by atoms with E-state index >= 15 is 0 Å². The lowest BCUT2D eigenvalue weighted by atomic mass is 9.90. The fourth-order valence-corrected chi connectivity index (χ4v) is 3.35. The Morgan fingerprint density at radius 1 is 1.21 bits per heavy atom. The molecule has 1 fully saturated rings. The predicted octanol–water partition coefficient (Wildman–Crippen LogP) is 3.65. The molecule has 1 aromatic rings. The van der Waals surface area contributed by atoms with Crippen molar-refractivity contribution in [3.8, 4) is 5.75 Å². The molecule has 0 aromatic heterocycles. The number of hydrogen-bond acceptors (Lipinski definition) is 2. The molecule has 0 bridgehead atoms. The van der Waals surface area contributed by atoms with Gasteiger partial charge in [0.05, 0.1) is 7.11 Å². The topological polar surface area (TPSA) is 21.3 Å². The summed E-state index contributed by atoms with van der Waals surface area (Å²) in [6, 6.07) is 9.26. The molecule has 1 N–H and O–H groups in total. The minimum absolute atomic E-state index is 0.742. The number of ether oxygens (including phenoxy) is 1. The fraction of sp³-hybridized carbons (Fsp3) is 0.647. The van der Waals surface area contributed by atoms with E-state index in [1.807, 2.05) is 0 Å². The van der Waals surface area contributed by atoms with Crippen LogP contribution in [-0.2, 0) is 6.42 Å². The first kappa shape index (κ1) is 14.4. The van der Waals surface area contributed by atoms with Gasteiger partial charge >= 0.3 is 0 Å². The first-order chi connectivity index (χ1) is 9.24. The van der Waals surface area contributed by atoms with Crippen LogP contribution in [0.1, 0.15) is 38.7 Å². The minimum atomic E-state index is 0.742. The van der Waals surface area contributed by atoms with Crippen molar-refractivity contribution in [3.63, 3.8) is 0 Å². The zero-order valence-corrected chi connectivity index (χ0v) is 12.5. The van der Waals surface area contributed by atoms with Crippen LogP contribution in [0.5, 0.6) is 5.75 Å². The monoisotopic (exact) mass is 261 g/mol. The lowest BCUT2D eigenvalue weighted by Gasteiger charge is -2.21. The predicted molar refractivity (Wildman–Crippen MR) is 80.7 cm³/mol. The SMILES string of the molecule is CCNC1CCC(CCc2ccc(OC)cc2)C1C. The van der Waals surface area contributed by atoms with E-state index < -0.39 is 0 Å². The van der Waals surface area contributed by atoms with E-state index in [2.05, 4.69) is 43.4 Å². The third-order valence-corrected chi connectivity index (χ3v) is 4.66. The molecule has 0 heterocycles. The van der Waals surface area contributed by atoms with Crippen molar-refractivity contribution < 1.29 is 4.74 Å². The molecule has 1 aromatic carbocycles. The van der Waals surface area contributed by atoms with Crippen LogP contribution >= 0.6 is 0 Å². The Labute approximate surface area is 117 Å². The summed E-state index contributed by atoms with van der Waals surface area (Å²) in [6.45, 7) is 5.72. The highest BCUT2D eigenvalue weighted by atomic mass is 16.5. The zero-order valence-electron chi connectivity index (χ0n) is 12.5. The van der Waals surface area contributed by atoms with Crippen LogP contribution in [0.4, 0.5) is 0 Å². The van der Waals surface area contributed by atoms with E-state index in [4.69, 9.17) is 4.74 Å². The van der Waals surface area contributed by atoms with Crippen molar-refractivity contribution in [1.29, 1.82) is 0 Å². The lowest BCUT2D eigenvalue weighted by molar-refractivity contribution is 0.340. The second-order valence-corrected chi connectivity index (χ2v) is 5.75. The van der Waals surface area contributed by atoms with Gasteiger partial charge in [-0.1, -0.05) is 26.0 Å². The van der Waals surface area contributed by atoms with Crippen LogP contribution in [0, 0.1) is 11.8 Å². The highest BCUT2D eigenvalue weighted by Gasteiger charge is 2.31. The Hall–Kier alpha value is -1.02. The van der Waals surface area contributed by atoms with E-state index in [0.29, 0.717) is 0 Å². The molecular formula is C17H27NO. The molecule has 0 aliphatic heterocycles. The van der Waals surface area contributed by atoms with Gasteiger partial charge in [-0.05, 0) is 61.8 Å². The molecule has 19 heavy (non-hydrogen) atoms. The Morgan fingerprint density at radius 2 is 1.95 bits per heavy atom. The van der Waals surface area contributed by atoms with Crippen molar-refractivity contribution in [1.82, 2.24) is 5.32 Å². The second-order valence-electron chi connectivity index (χ2n) is 5.75. The molecule has 2 heteroatoms. The summed E-state index contributed by atoms with van der Waals surface area (Å²) < 4.78 is 5.20. The highest BCUT2D eigenvalue weighted by molar-refractivity contribution is 5.27. The van der Waals surface area contributed by atoms with Gasteiger partial charge < -0.3 is 10.1 Å². The smallest absolute Gasteiger partial charge is 0.118 e. The standard InChI is InChI=1S/C17H27NO/c1-4-18-17-12-9-15(13(17)2)8-5-14-6-10-16(19-3)11-7-14/h6-7,10-11,13,15,17-18H,4-5,8-9,12H2,1-3H3. The maximum atomic E-state index is 5.20. The number of nitrogens with one attached hydrogen (secondary N) is 1. The number of methoxy groups -OCH3 is 1. The van der Waals surface area contributed by atoms with Gasteiger partial charge in [0.25, 0.3) is 0 Å². The van der Waals surface area contributed by atoms with Gasteiger partial charge in [0.1, 0.15) is 5.75 Å². The Kier molecular flexibility index (Phi) is 5.26. The Bertz CT molecular complexity index is 373. The average molecular weight is 261 g/mol. The molecule has 2 rings (SSSR count). The maximum absolute atomic E-state index is 5.20. The quantitative estimate of drug-likeness (QED) is 0.844. The van der Waals surface area contributed by atoms with Crippen LogP contribution < -0.4 is 10.1 Å². The van der Waals surface area contributed by atoms with E-state index in [1.54, 1.807) is 7.11 Å². The maximum Gasteiger partial charge on any atom is 0.118 e. The van der Waals surface area contributed by atoms with Crippen LogP contribution in [0.15, 0.2) is 24.3 Å². The number of aryl methyl sites for hydroxylation is 1. The van der Waals surface area contributed by atoms with Gasteiger partial charge in [-0.15, -0.1) is 0 Å². The largest absolute Gasteiger partial charge is 0.497 e. The van der Waals surface area contributed by atoms with Crippen molar-refractivity contribution >= 4 is 0 Å². The van der Waals surface area contributed by atoms with E-state index in [1.165, 1.54) is 31.2 Å². The summed E-state index contributed by atoms with van der Waals surface area (Å²) in [5.74, 6) is 2.65. The second kappa shape index (κ2) is 6.95. The van der Waals surface area contributed by atoms with Gasteiger partial charge in [0, 0.05) is 6.04 Å². The molecule has 1 aliphatic rings. The average Bonchev–Trinajstić information content (AvgIpc) is 2.79. The molecule has 0 radical (unpaired) electrons. The van der Waals surface area contributed by atoms with Gasteiger partial charge in [0.2, 0.25) is 0 Å². The summed E-state index contributed by atoms with van der Waals surface area (Å²) in [4.78, 5) is 0. The fourth-order valence-electron chi connectivity index (χ4n) is 3.35. The molecule has 1 aliphatic carbocycles. The van der Waals surface area contributed by atoms with E-state index in [9.17, 15) is 0 Å². The van der Waals surface area contributed by atoms with Crippen molar-refractivity contribution in [2.45, 2.75) is 45.6 Å². The van der Waals surface area contributed by atoms with Gasteiger partial charge in [-0.3, -0.25) is 0 Å². The molecular weight excluding hydrogens is 234 g/mol. The van der Waals surface area contributed by atoms with Crippen LogP contribution in [0.3, 0.4) is 0 Å². The molecule has 0 saturated heterocycles. The van der Waals surface area contributed by atoms with Crippen molar-refractivity contribution in [3.05, 3.63) is 29.8 Å². The van der Waals surface area contributed by atoms with E-state index in [-0.39, 0.29) is 0 Å². The summed E-state index contributed by atoms with van der Waals surface area (Å²) in [7, 11) is 1.72. The molecule has 3 unspecified atom stereocenters. The molecule has 0 spiro atoms. The van der Waals surface area contributed by atoms with Crippen LogP contribution in [-0.4, -0.2) is 19.7 Å². The highest BCUT2D eigenvalue weighted by Crippen LogP contribution is 2.35. The summed E-state index contributed by atoms with van der Waals surface area (Å²) in [5, 5.41) is 3.62. The van der Waals surface area contributed by atoms with Crippen LogP contribution in [0.25, 0.3) is 0 Å². The first-order valence-corrected chi connectivity index (χ1v) is 7.61. The Balaban J connectivity index is 1.82. The van der Waals surface area contributed by atoms with Gasteiger partial charge in [-0.2, -0.15) is 0 Å². The number of rotatable bonds is 6. The molecule has 0 amide bonds.